The minimum absolute atomic E-state index is 0.0104. The van der Waals surface area contributed by atoms with Gasteiger partial charge in [-0.05, 0) is 70.0 Å². The Morgan fingerprint density at radius 1 is 1.20 bits per heavy atom. The molecule has 3 amide bonds. The van der Waals surface area contributed by atoms with E-state index in [9.17, 15) is 9.59 Å². The SMILES string of the molecule is C=C(C)c1cccc(C(C)(C)NC(=O)Nc2ccc3c(c2)N(C(C)C)C(=O)CO3)c1. The molecule has 0 unspecified atom stereocenters. The van der Waals surface area contributed by atoms with Crippen LogP contribution in [0.3, 0.4) is 0 Å². The smallest absolute Gasteiger partial charge is 0.319 e. The van der Waals surface area contributed by atoms with Crippen LogP contribution < -0.4 is 20.3 Å². The Kier molecular flexibility index (Phi) is 5.87. The number of ether oxygens (including phenoxy) is 1. The summed E-state index contributed by atoms with van der Waals surface area (Å²) in [5.41, 5.74) is 3.64. The molecular weight excluding hydrogens is 378 g/mol. The summed E-state index contributed by atoms with van der Waals surface area (Å²) >= 11 is 0. The van der Waals surface area contributed by atoms with Gasteiger partial charge in [0.05, 0.1) is 11.2 Å². The van der Waals surface area contributed by atoms with E-state index >= 15 is 0 Å². The maximum Gasteiger partial charge on any atom is 0.319 e. The van der Waals surface area contributed by atoms with Gasteiger partial charge in [0, 0.05) is 11.7 Å². The van der Waals surface area contributed by atoms with Crippen molar-refractivity contribution in [1.29, 1.82) is 0 Å². The molecule has 158 valence electrons. The summed E-state index contributed by atoms with van der Waals surface area (Å²) in [7, 11) is 0. The summed E-state index contributed by atoms with van der Waals surface area (Å²) in [6.07, 6.45) is 0. The van der Waals surface area contributed by atoms with Crippen LogP contribution in [0.25, 0.3) is 5.57 Å². The molecule has 1 heterocycles. The highest BCUT2D eigenvalue weighted by molar-refractivity contribution is 5.99. The molecular formula is C24H29N3O3. The molecule has 0 saturated heterocycles. The molecule has 0 aliphatic carbocycles. The van der Waals surface area contributed by atoms with E-state index in [0.717, 1.165) is 16.7 Å². The Morgan fingerprint density at radius 2 is 1.93 bits per heavy atom. The molecule has 0 atom stereocenters. The topological polar surface area (TPSA) is 70.7 Å². The molecule has 2 aromatic carbocycles. The Hall–Kier alpha value is -3.28. The van der Waals surface area contributed by atoms with E-state index in [1.165, 1.54) is 0 Å². The molecule has 6 nitrogen and oxygen atoms in total. The predicted molar refractivity (Wildman–Crippen MR) is 121 cm³/mol. The second-order valence-electron chi connectivity index (χ2n) is 8.39. The van der Waals surface area contributed by atoms with E-state index in [1.54, 1.807) is 23.1 Å². The normalized spacial score (nSPS) is 13.5. The lowest BCUT2D eigenvalue weighted by Gasteiger charge is -2.33. The molecule has 0 saturated carbocycles. The quantitative estimate of drug-likeness (QED) is 0.740. The van der Waals surface area contributed by atoms with Crippen molar-refractivity contribution in [3.8, 4) is 5.75 Å². The van der Waals surface area contributed by atoms with Crippen LogP contribution in [-0.2, 0) is 10.3 Å². The van der Waals surface area contributed by atoms with Crippen molar-refractivity contribution in [1.82, 2.24) is 5.32 Å². The zero-order chi connectivity index (χ0) is 22.1. The van der Waals surface area contributed by atoms with Crippen LogP contribution in [0.15, 0.2) is 49.0 Å². The maximum absolute atomic E-state index is 12.7. The second kappa shape index (κ2) is 8.22. The van der Waals surface area contributed by atoms with Crippen LogP contribution in [0.5, 0.6) is 5.75 Å². The second-order valence-corrected chi connectivity index (χ2v) is 8.39. The first-order valence-corrected chi connectivity index (χ1v) is 10.0. The molecule has 1 aliphatic rings. The van der Waals surface area contributed by atoms with E-state index in [4.69, 9.17) is 4.74 Å². The van der Waals surface area contributed by atoms with Crippen LogP contribution in [0.4, 0.5) is 16.2 Å². The molecule has 2 aromatic rings. The number of rotatable bonds is 5. The van der Waals surface area contributed by atoms with Crippen molar-refractivity contribution in [2.45, 2.75) is 46.2 Å². The van der Waals surface area contributed by atoms with Gasteiger partial charge in [-0.3, -0.25) is 4.79 Å². The van der Waals surface area contributed by atoms with E-state index in [1.807, 2.05) is 58.9 Å². The van der Waals surface area contributed by atoms with Crippen LogP contribution >= 0.6 is 0 Å². The molecule has 3 rings (SSSR count). The summed E-state index contributed by atoms with van der Waals surface area (Å²) in [5.74, 6) is 0.531. The highest BCUT2D eigenvalue weighted by Gasteiger charge is 2.28. The Balaban J connectivity index is 1.77. The minimum Gasteiger partial charge on any atom is -0.482 e. The van der Waals surface area contributed by atoms with Gasteiger partial charge in [-0.25, -0.2) is 4.79 Å². The third kappa shape index (κ3) is 4.48. The number of hydrogen-bond acceptors (Lipinski definition) is 3. The Bertz CT molecular complexity index is 995. The number of anilines is 2. The first-order valence-electron chi connectivity index (χ1n) is 10.0. The third-order valence-corrected chi connectivity index (χ3v) is 5.12. The standard InChI is InChI=1S/C24H29N3O3/c1-15(2)17-8-7-9-18(12-17)24(5,6)26-23(29)25-19-10-11-21-20(13-19)27(16(3)4)22(28)14-30-21/h7-13,16H,1,14H2,2-6H3,(H2,25,26,29). The minimum atomic E-state index is -0.590. The van der Waals surface area contributed by atoms with Crippen molar-refractivity contribution in [2.75, 3.05) is 16.8 Å². The van der Waals surface area contributed by atoms with Crippen molar-refractivity contribution in [3.05, 3.63) is 60.2 Å². The fourth-order valence-corrected chi connectivity index (χ4v) is 3.51. The van der Waals surface area contributed by atoms with Gasteiger partial charge in [0.2, 0.25) is 0 Å². The molecule has 0 bridgehead atoms. The average molecular weight is 408 g/mol. The number of carbonyl (C=O) groups excluding carboxylic acids is 2. The number of hydrogen-bond donors (Lipinski definition) is 2. The average Bonchev–Trinajstić information content (AvgIpc) is 2.67. The molecule has 0 fully saturated rings. The molecule has 1 aliphatic heterocycles. The fourth-order valence-electron chi connectivity index (χ4n) is 3.51. The van der Waals surface area contributed by atoms with Gasteiger partial charge in [0.1, 0.15) is 5.75 Å². The van der Waals surface area contributed by atoms with Crippen LogP contribution in [0.2, 0.25) is 0 Å². The molecule has 2 N–H and O–H groups in total. The monoisotopic (exact) mass is 407 g/mol. The van der Waals surface area contributed by atoms with Crippen LogP contribution in [0, 0.1) is 0 Å². The lowest BCUT2D eigenvalue weighted by Crippen LogP contribution is -2.44. The number of amides is 3. The van der Waals surface area contributed by atoms with E-state index in [2.05, 4.69) is 17.2 Å². The first kappa shape index (κ1) is 21.4. The number of benzene rings is 2. The molecule has 0 aromatic heterocycles. The molecule has 6 heteroatoms. The highest BCUT2D eigenvalue weighted by Crippen LogP contribution is 2.35. The maximum atomic E-state index is 12.7. The number of carbonyl (C=O) groups is 2. The lowest BCUT2D eigenvalue weighted by atomic mass is 9.92. The van der Waals surface area contributed by atoms with Crippen molar-refractivity contribution < 1.29 is 14.3 Å². The van der Waals surface area contributed by atoms with Gasteiger partial charge in [0.15, 0.2) is 6.61 Å². The number of allylic oxidation sites excluding steroid dienone is 1. The Morgan fingerprint density at radius 3 is 2.60 bits per heavy atom. The largest absolute Gasteiger partial charge is 0.482 e. The van der Waals surface area contributed by atoms with E-state index in [0.29, 0.717) is 17.1 Å². The van der Waals surface area contributed by atoms with Crippen molar-refractivity contribution >= 4 is 28.9 Å². The zero-order valence-corrected chi connectivity index (χ0v) is 18.2. The van der Waals surface area contributed by atoms with Gasteiger partial charge in [-0.2, -0.15) is 0 Å². The summed E-state index contributed by atoms with van der Waals surface area (Å²) in [6.45, 7) is 13.8. The van der Waals surface area contributed by atoms with Gasteiger partial charge in [0.25, 0.3) is 5.91 Å². The molecule has 30 heavy (non-hydrogen) atoms. The number of nitrogens with zero attached hydrogens (tertiary/aromatic N) is 1. The van der Waals surface area contributed by atoms with Crippen LogP contribution in [0.1, 0.15) is 45.7 Å². The molecule has 0 radical (unpaired) electrons. The lowest BCUT2D eigenvalue weighted by molar-refractivity contribution is -0.121. The summed E-state index contributed by atoms with van der Waals surface area (Å²) in [4.78, 5) is 26.7. The number of nitrogens with one attached hydrogen (secondary N) is 2. The summed E-state index contributed by atoms with van der Waals surface area (Å²) in [6, 6.07) is 12.9. The third-order valence-electron chi connectivity index (χ3n) is 5.12. The van der Waals surface area contributed by atoms with Gasteiger partial charge in [-0.1, -0.05) is 30.4 Å². The van der Waals surface area contributed by atoms with Gasteiger partial charge >= 0.3 is 6.03 Å². The first-order chi connectivity index (χ1) is 14.1. The van der Waals surface area contributed by atoms with Crippen molar-refractivity contribution in [3.63, 3.8) is 0 Å². The summed E-state index contributed by atoms with van der Waals surface area (Å²) < 4.78 is 5.52. The van der Waals surface area contributed by atoms with E-state index in [-0.39, 0.29) is 24.6 Å². The highest BCUT2D eigenvalue weighted by atomic mass is 16.5. The van der Waals surface area contributed by atoms with Gasteiger partial charge < -0.3 is 20.3 Å². The van der Waals surface area contributed by atoms with Crippen LogP contribution in [-0.4, -0.2) is 24.6 Å². The predicted octanol–water partition coefficient (Wildman–Crippen LogP) is 4.91. The number of urea groups is 1. The van der Waals surface area contributed by atoms with Crippen molar-refractivity contribution in [2.24, 2.45) is 0 Å². The zero-order valence-electron chi connectivity index (χ0n) is 18.2. The molecule has 0 spiro atoms. The fraction of sp³-hybridized carbons (Fsp3) is 0.333. The van der Waals surface area contributed by atoms with E-state index < -0.39 is 5.54 Å². The summed E-state index contributed by atoms with van der Waals surface area (Å²) in [5, 5.41) is 5.89. The van der Waals surface area contributed by atoms with Gasteiger partial charge in [-0.15, -0.1) is 0 Å². The Labute approximate surface area is 177 Å². The number of fused-ring (bicyclic) bond motifs is 1.